The summed E-state index contributed by atoms with van der Waals surface area (Å²) in [5.41, 5.74) is 2.02. The summed E-state index contributed by atoms with van der Waals surface area (Å²) in [5, 5.41) is 11.0. The Morgan fingerprint density at radius 1 is 1.17 bits per heavy atom. The molecule has 116 valence electrons. The maximum Gasteiger partial charge on any atom is 0.284 e. The van der Waals surface area contributed by atoms with Crippen molar-refractivity contribution in [2.24, 2.45) is 0 Å². The lowest BCUT2D eigenvalue weighted by Crippen LogP contribution is -2.23. The number of anilines is 1. The number of rotatable bonds is 3. The number of carbonyl (C=O) groups is 1. The average molecular weight is 327 g/mol. The van der Waals surface area contributed by atoms with Crippen LogP contribution >= 0.6 is 11.8 Å². The molecular formula is C16H13N3O3S. The molecule has 3 heterocycles. The van der Waals surface area contributed by atoms with E-state index in [-0.39, 0.29) is 11.2 Å². The van der Waals surface area contributed by atoms with E-state index in [1.165, 1.54) is 11.8 Å². The van der Waals surface area contributed by atoms with Crippen LogP contribution in [0, 0.1) is 0 Å². The molecule has 0 saturated carbocycles. The number of aromatic nitrogens is 2. The van der Waals surface area contributed by atoms with E-state index in [1.54, 1.807) is 18.4 Å². The number of hydrogen-bond donors (Lipinski definition) is 1. The zero-order valence-electron chi connectivity index (χ0n) is 12.1. The fourth-order valence-corrected chi connectivity index (χ4v) is 3.34. The predicted molar refractivity (Wildman–Crippen MR) is 85.0 cm³/mol. The van der Waals surface area contributed by atoms with Gasteiger partial charge in [-0.1, -0.05) is 30.0 Å². The number of carbonyl (C=O) groups excluding carboxylic acids is 1. The zero-order valence-corrected chi connectivity index (χ0v) is 12.9. The Morgan fingerprint density at radius 2 is 2.09 bits per heavy atom. The molecule has 0 aliphatic carbocycles. The summed E-state index contributed by atoms with van der Waals surface area (Å²) in [7, 11) is 0. The molecule has 3 aromatic rings. The summed E-state index contributed by atoms with van der Waals surface area (Å²) < 4.78 is 10.8. The topological polar surface area (TPSA) is 81.2 Å². The molecule has 1 atom stereocenters. The largest absolute Gasteiger partial charge is 0.459 e. The van der Waals surface area contributed by atoms with Gasteiger partial charge in [0.15, 0.2) is 5.76 Å². The smallest absolute Gasteiger partial charge is 0.284 e. The number of nitrogens with one attached hydrogen (secondary N) is 1. The number of fused-ring (bicyclic) bond motifs is 1. The third kappa shape index (κ3) is 2.87. The van der Waals surface area contributed by atoms with Crippen LogP contribution in [0.3, 0.4) is 0 Å². The average Bonchev–Trinajstić information content (AvgIpc) is 3.21. The van der Waals surface area contributed by atoms with Crippen molar-refractivity contribution in [2.45, 2.75) is 23.3 Å². The molecule has 0 spiro atoms. The van der Waals surface area contributed by atoms with Crippen molar-refractivity contribution in [3.8, 4) is 11.7 Å². The minimum absolute atomic E-state index is 0.0438. The highest BCUT2D eigenvalue weighted by atomic mass is 32.2. The fourth-order valence-electron chi connectivity index (χ4n) is 2.48. The number of amides is 1. The monoisotopic (exact) mass is 327 g/mol. The SMILES string of the molecule is O=C1Nc2ccccc2CCC1Sc1nnc(-c2ccco2)o1. The first-order chi connectivity index (χ1) is 11.3. The van der Waals surface area contributed by atoms with Gasteiger partial charge in [0.1, 0.15) is 0 Å². The van der Waals surface area contributed by atoms with E-state index < -0.39 is 0 Å². The van der Waals surface area contributed by atoms with Gasteiger partial charge >= 0.3 is 0 Å². The number of aryl methyl sites for hydroxylation is 1. The first-order valence-electron chi connectivity index (χ1n) is 7.22. The molecule has 1 aliphatic heterocycles. The maximum atomic E-state index is 12.4. The molecule has 0 radical (unpaired) electrons. The van der Waals surface area contributed by atoms with Gasteiger partial charge in [0, 0.05) is 5.69 Å². The summed E-state index contributed by atoms with van der Waals surface area (Å²) in [6.45, 7) is 0. The summed E-state index contributed by atoms with van der Waals surface area (Å²) in [4.78, 5) is 12.4. The minimum atomic E-state index is -0.271. The van der Waals surface area contributed by atoms with E-state index in [4.69, 9.17) is 8.83 Å². The lowest BCUT2D eigenvalue weighted by atomic mass is 10.1. The molecule has 0 fully saturated rings. The van der Waals surface area contributed by atoms with Gasteiger partial charge in [-0.25, -0.2) is 0 Å². The van der Waals surface area contributed by atoms with E-state index in [2.05, 4.69) is 15.5 Å². The number of hydrogen-bond acceptors (Lipinski definition) is 6. The third-order valence-corrected chi connectivity index (χ3v) is 4.73. The van der Waals surface area contributed by atoms with Crippen LogP contribution in [0.5, 0.6) is 0 Å². The van der Waals surface area contributed by atoms with Crippen molar-refractivity contribution < 1.29 is 13.6 Å². The normalized spacial score (nSPS) is 17.4. The van der Waals surface area contributed by atoms with Crippen molar-refractivity contribution >= 4 is 23.4 Å². The summed E-state index contributed by atoms with van der Waals surface area (Å²) >= 11 is 1.28. The van der Waals surface area contributed by atoms with Gasteiger partial charge in [-0.3, -0.25) is 4.79 Å². The number of nitrogens with zero attached hydrogens (tertiary/aromatic N) is 2. The molecule has 4 rings (SSSR count). The Kier molecular flexibility index (Phi) is 3.63. The van der Waals surface area contributed by atoms with Crippen LogP contribution in [0.4, 0.5) is 5.69 Å². The van der Waals surface area contributed by atoms with Crippen molar-refractivity contribution in [1.29, 1.82) is 0 Å². The Morgan fingerprint density at radius 3 is 2.96 bits per heavy atom. The van der Waals surface area contributed by atoms with E-state index in [9.17, 15) is 4.79 Å². The standard InChI is InChI=1S/C16H13N3O3S/c20-14-13(8-7-10-4-1-2-5-11(10)17-14)23-16-19-18-15(22-16)12-6-3-9-21-12/h1-6,9,13H,7-8H2,(H,17,20). The summed E-state index contributed by atoms with van der Waals surface area (Å²) in [6, 6.07) is 11.3. The van der Waals surface area contributed by atoms with Gasteiger partial charge in [0.05, 0.1) is 11.5 Å². The van der Waals surface area contributed by atoms with Crippen molar-refractivity contribution in [3.05, 3.63) is 48.2 Å². The fraction of sp³-hybridized carbons (Fsp3) is 0.188. The van der Waals surface area contributed by atoms with Crippen molar-refractivity contribution in [1.82, 2.24) is 10.2 Å². The Hall–Kier alpha value is -2.54. The Bertz CT molecular complexity index is 829. The van der Waals surface area contributed by atoms with Crippen LogP contribution in [-0.4, -0.2) is 21.4 Å². The molecule has 1 aromatic carbocycles. The van der Waals surface area contributed by atoms with Crippen LogP contribution in [0.25, 0.3) is 11.7 Å². The van der Waals surface area contributed by atoms with Gasteiger partial charge in [-0.15, -0.1) is 10.2 Å². The molecule has 1 aliphatic rings. The van der Waals surface area contributed by atoms with Crippen LogP contribution < -0.4 is 5.32 Å². The van der Waals surface area contributed by atoms with Gasteiger partial charge in [-0.05, 0) is 36.6 Å². The van der Waals surface area contributed by atoms with Gasteiger partial charge in [-0.2, -0.15) is 0 Å². The molecular weight excluding hydrogens is 314 g/mol. The molecule has 1 N–H and O–H groups in total. The third-order valence-electron chi connectivity index (χ3n) is 3.63. The second-order valence-corrected chi connectivity index (χ2v) is 6.30. The molecule has 0 saturated heterocycles. The molecule has 2 aromatic heterocycles. The first-order valence-corrected chi connectivity index (χ1v) is 8.10. The molecule has 1 unspecified atom stereocenters. The molecule has 7 heteroatoms. The number of thioether (sulfide) groups is 1. The second kappa shape index (κ2) is 5.92. The second-order valence-electron chi connectivity index (χ2n) is 5.14. The van der Waals surface area contributed by atoms with Crippen molar-refractivity contribution in [3.63, 3.8) is 0 Å². The predicted octanol–water partition coefficient (Wildman–Crippen LogP) is 3.38. The maximum absolute atomic E-state index is 12.4. The minimum Gasteiger partial charge on any atom is -0.459 e. The van der Waals surface area contributed by atoms with Crippen LogP contribution in [0.2, 0.25) is 0 Å². The number of furan rings is 1. The van der Waals surface area contributed by atoms with Crippen LogP contribution in [-0.2, 0) is 11.2 Å². The highest BCUT2D eigenvalue weighted by Crippen LogP contribution is 2.32. The van der Waals surface area contributed by atoms with Gasteiger partial charge < -0.3 is 14.2 Å². The quantitative estimate of drug-likeness (QED) is 0.794. The highest BCUT2D eigenvalue weighted by molar-refractivity contribution is 8.00. The van der Waals surface area contributed by atoms with E-state index >= 15 is 0 Å². The van der Waals surface area contributed by atoms with Crippen LogP contribution in [0.1, 0.15) is 12.0 Å². The van der Waals surface area contributed by atoms with Crippen molar-refractivity contribution in [2.75, 3.05) is 5.32 Å². The molecule has 0 bridgehead atoms. The highest BCUT2D eigenvalue weighted by Gasteiger charge is 2.26. The van der Waals surface area contributed by atoms with E-state index in [1.807, 2.05) is 24.3 Å². The molecule has 6 nitrogen and oxygen atoms in total. The van der Waals surface area contributed by atoms with Gasteiger partial charge in [0.25, 0.3) is 11.1 Å². The van der Waals surface area contributed by atoms with Gasteiger partial charge in [0.2, 0.25) is 5.91 Å². The summed E-state index contributed by atoms with van der Waals surface area (Å²) in [5.74, 6) is 0.787. The Labute approximate surface area is 136 Å². The molecule has 23 heavy (non-hydrogen) atoms. The lowest BCUT2D eigenvalue weighted by molar-refractivity contribution is -0.115. The zero-order chi connectivity index (χ0) is 15.6. The number of benzene rings is 1. The van der Waals surface area contributed by atoms with E-state index in [0.29, 0.717) is 23.3 Å². The molecule has 1 amide bonds. The first kappa shape index (κ1) is 14.1. The van der Waals surface area contributed by atoms with Crippen LogP contribution in [0.15, 0.2) is 56.7 Å². The Balaban J connectivity index is 1.50. The summed E-state index contributed by atoms with van der Waals surface area (Å²) in [6.07, 6.45) is 3.08. The van der Waals surface area contributed by atoms with E-state index in [0.717, 1.165) is 17.7 Å². The lowest BCUT2D eigenvalue weighted by Gasteiger charge is -2.09. The number of para-hydroxylation sites is 1.